The van der Waals surface area contributed by atoms with Crippen molar-refractivity contribution in [3.8, 4) is 0 Å². The van der Waals surface area contributed by atoms with E-state index >= 15 is 0 Å². The predicted octanol–water partition coefficient (Wildman–Crippen LogP) is 4.23. The van der Waals surface area contributed by atoms with Crippen LogP contribution < -0.4 is 4.90 Å². The van der Waals surface area contributed by atoms with Crippen LogP contribution in [-0.2, 0) is 12.8 Å². The van der Waals surface area contributed by atoms with Crippen molar-refractivity contribution in [2.75, 3.05) is 19.0 Å². The first kappa shape index (κ1) is 16.4. The lowest BCUT2D eigenvalue weighted by Gasteiger charge is -2.16. The smallest absolute Gasteiger partial charge is 0.187 e. The van der Waals surface area contributed by atoms with Gasteiger partial charge in [-0.25, -0.2) is 0 Å². The third-order valence-electron chi connectivity index (χ3n) is 4.59. The maximum absolute atomic E-state index is 12.6. The second-order valence-corrected chi connectivity index (χ2v) is 6.62. The first-order chi connectivity index (χ1) is 11.5. The highest BCUT2D eigenvalue weighted by Crippen LogP contribution is 2.22. The summed E-state index contributed by atoms with van der Waals surface area (Å²) in [6, 6.07) is 10.2. The van der Waals surface area contributed by atoms with Crippen LogP contribution in [-0.4, -0.2) is 24.9 Å². The summed E-state index contributed by atoms with van der Waals surface area (Å²) in [5, 5.41) is 0. The maximum atomic E-state index is 12.6. The number of ketones is 1. The van der Waals surface area contributed by atoms with E-state index in [2.05, 4.69) is 28.1 Å². The number of anilines is 1. The van der Waals surface area contributed by atoms with E-state index in [1.54, 1.807) is 6.08 Å². The number of hydrogen-bond donors (Lipinski definition) is 0. The van der Waals surface area contributed by atoms with E-state index < -0.39 is 0 Å². The van der Waals surface area contributed by atoms with Gasteiger partial charge in [0.05, 0.1) is 0 Å². The molecule has 1 aromatic heterocycles. The zero-order chi connectivity index (χ0) is 17.1. The fourth-order valence-electron chi connectivity index (χ4n) is 3.13. The molecule has 0 radical (unpaired) electrons. The number of carbonyl (C=O) groups is 1. The van der Waals surface area contributed by atoms with Crippen molar-refractivity contribution >= 4 is 17.5 Å². The second-order valence-electron chi connectivity index (χ2n) is 6.62. The van der Waals surface area contributed by atoms with Gasteiger partial charge in [0, 0.05) is 36.7 Å². The Balaban J connectivity index is 1.79. The number of pyridine rings is 1. The average molecular weight is 320 g/mol. The quantitative estimate of drug-likeness (QED) is 0.624. The molecule has 0 spiro atoms. The number of allylic oxidation sites excluding steroid dienone is 1. The summed E-state index contributed by atoms with van der Waals surface area (Å²) < 4.78 is 0. The summed E-state index contributed by atoms with van der Waals surface area (Å²) in [6.45, 7) is 1.93. The fraction of sp³-hybridized carbons (Fsp3) is 0.333. The van der Waals surface area contributed by atoms with Crippen molar-refractivity contribution in [3.63, 3.8) is 0 Å². The molecule has 3 rings (SSSR count). The maximum Gasteiger partial charge on any atom is 0.187 e. The Morgan fingerprint density at radius 3 is 2.54 bits per heavy atom. The van der Waals surface area contributed by atoms with Crippen molar-refractivity contribution in [2.24, 2.45) is 0 Å². The lowest BCUT2D eigenvalue weighted by atomic mass is 9.93. The van der Waals surface area contributed by atoms with Gasteiger partial charge in [-0.3, -0.25) is 9.78 Å². The van der Waals surface area contributed by atoms with Crippen LogP contribution in [0.25, 0.3) is 6.08 Å². The molecule has 1 heterocycles. The highest BCUT2D eigenvalue weighted by atomic mass is 16.1. The van der Waals surface area contributed by atoms with Gasteiger partial charge in [-0.2, -0.15) is 0 Å². The Bertz CT molecular complexity index is 773. The van der Waals surface area contributed by atoms with Crippen molar-refractivity contribution in [3.05, 3.63) is 64.5 Å². The molecule has 3 nitrogen and oxygen atoms in total. The number of aryl methyl sites for hydroxylation is 3. The molecule has 0 unspecified atom stereocenters. The largest absolute Gasteiger partial charge is 0.378 e. The molecule has 0 aliphatic heterocycles. The number of benzene rings is 1. The number of fused-ring (bicyclic) bond motifs is 1. The molecule has 24 heavy (non-hydrogen) atoms. The minimum Gasteiger partial charge on any atom is -0.378 e. The summed E-state index contributed by atoms with van der Waals surface area (Å²) in [7, 11) is 4.03. The van der Waals surface area contributed by atoms with Crippen molar-refractivity contribution in [1.29, 1.82) is 0 Å². The van der Waals surface area contributed by atoms with Gasteiger partial charge >= 0.3 is 0 Å². The molecular weight excluding hydrogens is 296 g/mol. The van der Waals surface area contributed by atoms with Gasteiger partial charge in [-0.05, 0) is 68.0 Å². The van der Waals surface area contributed by atoms with Crippen LogP contribution >= 0.6 is 0 Å². The third kappa shape index (κ3) is 3.56. The molecule has 0 bridgehead atoms. The van der Waals surface area contributed by atoms with E-state index in [0.717, 1.165) is 35.3 Å². The average Bonchev–Trinajstić information content (AvgIpc) is 2.59. The standard InChI is InChI=1S/C21H24N2O/c1-15-19(14-17-6-4-5-7-20(17)22-15)21(24)13-10-16-8-11-18(12-9-16)23(2)3/h8-14H,4-7H2,1-3H3/b13-10+. The highest BCUT2D eigenvalue weighted by Gasteiger charge is 2.15. The SMILES string of the molecule is Cc1nc2c(cc1C(=O)/C=C/c1ccc(N(C)C)cc1)CCCC2. The summed E-state index contributed by atoms with van der Waals surface area (Å²) in [5.74, 6) is 0.0325. The molecule has 0 atom stereocenters. The number of aromatic nitrogens is 1. The van der Waals surface area contributed by atoms with Crippen LogP contribution in [0.2, 0.25) is 0 Å². The lowest BCUT2D eigenvalue weighted by molar-refractivity contribution is 0.104. The van der Waals surface area contributed by atoms with Crippen LogP contribution in [0.15, 0.2) is 36.4 Å². The molecular formula is C21H24N2O. The van der Waals surface area contributed by atoms with E-state index in [-0.39, 0.29) is 5.78 Å². The Morgan fingerprint density at radius 2 is 1.83 bits per heavy atom. The number of hydrogen-bond acceptors (Lipinski definition) is 3. The highest BCUT2D eigenvalue weighted by molar-refractivity contribution is 6.07. The first-order valence-electron chi connectivity index (χ1n) is 8.54. The zero-order valence-electron chi connectivity index (χ0n) is 14.7. The van der Waals surface area contributed by atoms with E-state index in [0.29, 0.717) is 0 Å². The first-order valence-corrected chi connectivity index (χ1v) is 8.54. The monoisotopic (exact) mass is 320 g/mol. The molecule has 1 aromatic carbocycles. The van der Waals surface area contributed by atoms with Crippen LogP contribution in [0.3, 0.4) is 0 Å². The molecule has 2 aromatic rings. The third-order valence-corrected chi connectivity index (χ3v) is 4.59. The summed E-state index contributed by atoms with van der Waals surface area (Å²) in [4.78, 5) is 19.3. The normalized spacial score (nSPS) is 13.8. The zero-order valence-corrected chi connectivity index (χ0v) is 14.7. The van der Waals surface area contributed by atoms with Crippen molar-refractivity contribution in [2.45, 2.75) is 32.6 Å². The molecule has 124 valence electrons. The van der Waals surface area contributed by atoms with Crippen LogP contribution in [0, 0.1) is 6.92 Å². The molecule has 0 amide bonds. The van der Waals surface area contributed by atoms with Crippen LogP contribution in [0.5, 0.6) is 0 Å². The summed E-state index contributed by atoms with van der Waals surface area (Å²) in [6.07, 6.45) is 8.01. The number of carbonyl (C=O) groups excluding carboxylic acids is 1. The topological polar surface area (TPSA) is 33.2 Å². The summed E-state index contributed by atoms with van der Waals surface area (Å²) in [5.41, 5.74) is 6.17. The molecule has 0 saturated carbocycles. The van der Waals surface area contributed by atoms with Crippen molar-refractivity contribution in [1.82, 2.24) is 4.98 Å². The van der Waals surface area contributed by atoms with E-state index in [1.165, 1.54) is 24.1 Å². The van der Waals surface area contributed by atoms with Gasteiger partial charge < -0.3 is 4.90 Å². The Morgan fingerprint density at radius 1 is 1.12 bits per heavy atom. The molecule has 0 N–H and O–H groups in total. The summed E-state index contributed by atoms with van der Waals surface area (Å²) >= 11 is 0. The minimum absolute atomic E-state index is 0.0325. The molecule has 0 saturated heterocycles. The van der Waals surface area contributed by atoms with Gasteiger partial charge in [-0.15, -0.1) is 0 Å². The number of rotatable bonds is 4. The second kappa shape index (κ2) is 7.00. The molecule has 1 aliphatic rings. The molecule has 1 aliphatic carbocycles. The Hall–Kier alpha value is -2.42. The van der Waals surface area contributed by atoms with E-state index in [4.69, 9.17) is 0 Å². The van der Waals surface area contributed by atoms with E-state index in [1.807, 2.05) is 39.2 Å². The fourth-order valence-corrected chi connectivity index (χ4v) is 3.13. The van der Waals surface area contributed by atoms with E-state index in [9.17, 15) is 4.79 Å². The molecule has 0 fully saturated rings. The van der Waals surface area contributed by atoms with Gasteiger partial charge in [-0.1, -0.05) is 18.2 Å². The molecule has 3 heteroatoms. The Labute approximate surface area is 144 Å². The van der Waals surface area contributed by atoms with Crippen molar-refractivity contribution < 1.29 is 4.79 Å². The Kier molecular flexibility index (Phi) is 4.79. The minimum atomic E-state index is 0.0325. The van der Waals surface area contributed by atoms with Crippen LogP contribution in [0.1, 0.15) is 45.7 Å². The van der Waals surface area contributed by atoms with Gasteiger partial charge in [0.1, 0.15) is 0 Å². The number of nitrogens with zero attached hydrogens (tertiary/aromatic N) is 2. The van der Waals surface area contributed by atoms with Gasteiger partial charge in [0.2, 0.25) is 0 Å². The van der Waals surface area contributed by atoms with Gasteiger partial charge in [0.15, 0.2) is 5.78 Å². The lowest BCUT2D eigenvalue weighted by Crippen LogP contribution is -2.10. The van der Waals surface area contributed by atoms with Gasteiger partial charge in [0.25, 0.3) is 0 Å². The predicted molar refractivity (Wildman–Crippen MR) is 99.7 cm³/mol. The van der Waals surface area contributed by atoms with Crippen LogP contribution in [0.4, 0.5) is 5.69 Å².